The minimum atomic E-state index is -0.297. The van der Waals surface area contributed by atoms with Crippen molar-refractivity contribution in [2.45, 2.75) is 45.2 Å². The molecule has 172 valence electrons. The van der Waals surface area contributed by atoms with Crippen LogP contribution in [0.4, 0.5) is 4.39 Å². The first-order valence-electron chi connectivity index (χ1n) is 10.7. The van der Waals surface area contributed by atoms with Crippen LogP contribution >= 0.6 is 35.3 Å². The fourth-order valence-corrected chi connectivity index (χ4v) is 4.49. The molecule has 2 heterocycles. The van der Waals surface area contributed by atoms with E-state index in [4.69, 9.17) is 9.73 Å². The van der Waals surface area contributed by atoms with Gasteiger partial charge in [-0.05, 0) is 59.9 Å². The average molecular weight is 561 g/mol. The molecule has 1 atom stereocenters. The highest BCUT2D eigenvalue weighted by molar-refractivity contribution is 14.0. The number of methoxy groups -OCH3 is 1. The van der Waals surface area contributed by atoms with Crippen molar-refractivity contribution in [3.05, 3.63) is 52.0 Å². The highest BCUT2D eigenvalue weighted by Gasteiger charge is 2.20. The summed E-state index contributed by atoms with van der Waals surface area (Å²) < 4.78 is 18.9. The molecular formula is C23H34FIN4OS. The van der Waals surface area contributed by atoms with Gasteiger partial charge in [0, 0.05) is 44.7 Å². The van der Waals surface area contributed by atoms with Crippen molar-refractivity contribution in [1.82, 2.24) is 15.5 Å². The largest absolute Gasteiger partial charge is 0.494 e. The molecule has 2 aromatic rings. The van der Waals surface area contributed by atoms with E-state index in [2.05, 4.69) is 46.2 Å². The fraction of sp³-hybridized carbons (Fsp3) is 0.522. The SMILES string of the molecule is CCNC(=NCC(C)c1ccsc1)NC1CCN(Cc2ccc(OC)c(F)c2)CC1.I. The number of rotatable bonds is 8. The summed E-state index contributed by atoms with van der Waals surface area (Å²) in [6, 6.07) is 7.80. The fourth-order valence-electron chi connectivity index (χ4n) is 3.70. The molecular weight excluding hydrogens is 526 g/mol. The van der Waals surface area contributed by atoms with Crippen molar-refractivity contribution in [2.24, 2.45) is 4.99 Å². The van der Waals surface area contributed by atoms with E-state index in [1.165, 1.54) is 12.7 Å². The Balaban J connectivity index is 0.00000341. The van der Waals surface area contributed by atoms with Crippen LogP contribution in [0.15, 0.2) is 40.0 Å². The maximum atomic E-state index is 13.9. The topological polar surface area (TPSA) is 48.9 Å². The smallest absolute Gasteiger partial charge is 0.191 e. The summed E-state index contributed by atoms with van der Waals surface area (Å²) in [4.78, 5) is 7.19. The number of hydrogen-bond acceptors (Lipinski definition) is 4. The zero-order valence-electron chi connectivity index (χ0n) is 18.6. The Labute approximate surface area is 206 Å². The van der Waals surface area contributed by atoms with E-state index in [-0.39, 0.29) is 29.8 Å². The Morgan fingerprint density at radius 2 is 2.10 bits per heavy atom. The van der Waals surface area contributed by atoms with Crippen LogP contribution in [0, 0.1) is 5.82 Å². The molecule has 0 amide bonds. The predicted octanol–water partition coefficient (Wildman–Crippen LogP) is 4.84. The second-order valence-electron chi connectivity index (χ2n) is 7.84. The van der Waals surface area contributed by atoms with Crippen LogP contribution in [0.2, 0.25) is 0 Å². The summed E-state index contributed by atoms with van der Waals surface area (Å²) in [5, 5.41) is 11.3. The Morgan fingerprint density at radius 1 is 1.32 bits per heavy atom. The number of guanidine groups is 1. The van der Waals surface area contributed by atoms with E-state index in [1.54, 1.807) is 23.5 Å². The van der Waals surface area contributed by atoms with Gasteiger partial charge in [0.05, 0.1) is 7.11 Å². The van der Waals surface area contributed by atoms with Gasteiger partial charge in [-0.25, -0.2) is 4.39 Å². The van der Waals surface area contributed by atoms with E-state index in [1.807, 2.05) is 6.07 Å². The molecule has 2 N–H and O–H groups in total. The third kappa shape index (κ3) is 7.91. The Morgan fingerprint density at radius 3 is 2.71 bits per heavy atom. The Kier molecular flexibility index (Phi) is 11.0. The van der Waals surface area contributed by atoms with Gasteiger partial charge in [-0.3, -0.25) is 9.89 Å². The lowest BCUT2D eigenvalue weighted by Gasteiger charge is -2.33. The van der Waals surface area contributed by atoms with Gasteiger partial charge in [0.15, 0.2) is 17.5 Å². The maximum Gasteiger partial charge on any atom is 0.191 e. The zero-order chi connectivity index (χ0) is 21.3. The third-order valence-electron chi connectivity index (χ3n) is 5.53. The van der Waals surface area contributed by atoms with Crippen LogP contribution < -0.4 is 15.4 Å². The van der Waals surface area contributed by atoms with Crippen molar-refractivity contribution < 1.29 is 9.13 Å². The highest BCUT2D eigenvalue weighted by Crippen LogP contribution is 2.21. The summed E-state index contributed by atoms with van der Waals surface area (Å²) in [5.74, 6) is 1.31. The summed E-state index contributed by atoms with van der Waals surface area (Å²) in [5.41, 5.74) is 2.33. The van der Waals surface area contributed by atoms with Crippen molar-refractivity contribution in [3.8, 4) is 5.75 Å². The first kappa shape index (κ1) is 25.9. The van der Waals surface area contributed by atoms with Crippen LogP contribution in [0.5, 0.6) is 5.75 Å². The molecule has 1 aliphatic heterocycles. The third-order valence-corrected chi connectivity index (χ3v) is 6.23. The number of nitrogens with one attached hydrogen (secondary N) is 2. The summed E-state index contributed by atoms with van der Waals surface area (Å²) >= 11 is 1.73. The molecule has 0 bridgehead atoms. The molecule has 1 aromatic heterocycles. The molecule has 31 heavy (non-hydrogen) atoms. The van der Waals surface area contributed by atoms with E-state index in [0.717, 1.165) is 57.1 Å². The van der Waals surface area contributed by atoms with Gasteiger partial charge in [-0.1, -0.05) is 13.0 Å². The van der Waals surface area contributed by atoms with E-state index >= 15 is 0 Å². The molecule has 1 fully saturated rings. The van der Waals surface area contributed by atoms with Gasteiger partial charge in [-0.2, -0.15) is 11.3 Å². The number of likely N-dealkylation sites (tertiary alicyclic amines) is 1. The lowest BCUT2D eigenvalue weighted by molar-refractivity contribution is 0.198. The van der Waals surface area contributed by atoms with Crippen LogP contribution in [0.3, 0.4) is 0 Å². The Bertz CT molecular complexity index is 810. The number of piperidine rings is 1. The molecule has 0 spiro atoms. The highest BCUT2D eigenvalue weighted by atomic mass is 127. The number of benzene rings is 1. The molecule has 1 aliphatic rings. The van der Waals surface area contributed by atoms with Crippen LogP contribution in [0.25, 0.3) is 0 Å². The Hall–Kier alpha value is -1.39. The van der Waals surface area contributed by atoms with E-state index in [0.29, 0.717) is 17.7 Å². The first-order chi connectivity index (χ1) is 14.6. The van der Waals surface area contributed by atoms with Crippen LogP contribution in [-0.4, -0.2) is 50.2 Å². The second-order valence-corrected chi connectivity index (χ2v) is 8.62. The van der Waals surface area contributed by atoms with Gasteiger partial charge in [-0.15, -0.1) is 24.0 Å². The monoisotopic (exact) mass is 560 g/mol. The molecule has 1 unspecified atom stereocenters. The van der Waals surface area contributed by atoms with Gasteiger partial charge in [0.25, 0.3) is 0 Å². The molecule has 3 rings (SSSR count). The van der Waals surface area contributed by atoms with E-state index < -0.39 is 0 Å². The minimum Gasteiger partial charge on any atom is -0.494 e. The van der Waals surface area contributed by atoms with Crippen molar-refractivity contribution in [3.63, 3.8) is 0 Å². The quantitative estimate of drug-likeness (QED) is 0.276. The standard InChI is InChI=1S/C23H33FN4OS.HI/c1-4-25-23(26-14-17(2)19-9-12-30-16-19)27-20-7-10-28(11-8-20)15-18-5-6-22(29-3)21(24)13-18;/h5-6,9,12-13,16-17,20H,4,7-8,10-11,14-15H2,1-3H3,(H2,25,26,27);1H. The van der Waals surface area contributed by atoms with Crippen molar-refractivity contribution in [2.75, 3.05) is 33.3 Å². The molecule has 8 heteroatoms. The van der Waals surface area contributed by atoms with Gasteiger partial charge >= 0.3 is 0 Å². The summed E-state index contributed by atoms with van der Waals surface area (Å²) in [6.07, 6.45) is 2.09. The van der Waals surface area contributed by atoms with Gasteiger partial charge in [0.2, 0.25) is 0 Å². The number of nitrogens with zero attached hydrogens (tertiary/aromatic N) is 2. The van der Waals surface area contributed by atoms with Crippen LogP contribution in [-0.2, 0) is 6.54 Å². The number of aliphatic imine (C=N–C) groups is 1. The summed E-state index contributed by atoms with van der Waals surface area (Å²) in [6.45, 7) is 8.66. The predicted molar refractivity (Wildman–Crippen MR) is 139 cm³/mol. The molecule has 1 aromatic carbocycles. The minimum absolute atomic E-state index is 0. The summed E-state index contributed by atoms with van der Waals surface area (Å²) in [7, 11) is 1.49. The number of halogens is 2. The maximum absolute atomic E-state index is 13.9. The lowest BCUT2D eigenvalue weighted by Crippen LogP contribution is -2.48. The average Bonchev–Trinajstić information content (AvgIpc) is 3.28. The second kappa shape index (κ2) is 13.2. The first-order valence-corrected chi connectivity index (χ1v) is 11.6. The van der Waals surface area contributed by atoms with Gasteiger partial charge < -0.3 is 15.4 Å². The molecule has 5 nitrogen and oxygen atoms in total. The van der Waals surface area contributed by atoms with Crippen LogP contribution in [0.1, 0.15) is 43.7 Å². The molecule has 0 radical (unpaired) electrons. The molecule has 1 saturated heterocycles. The molecule has 0 aliphatic carbocycles. The normalized spacial score (nSPS) is 16.5. The number of hydrogen-bond donors (Lipinski definition) is 2. The molecule has 0 saturated carbocycles. The van der Waals surface area contributed by atoms with Crippen molar-refractivity contribution >= 4 is 41.3 Å². The zero-order valence-corrected chi connectivity index (χ0v) is 21.7. The van der Waals surface area contributed by atoms with Gasteiger partial charge in [0.1, 0.15) is 0 Å². The number of ether oxygens (including phenoxy) is 1. The van der Waals surface area contributed by atoms with Crippen molar-refractivity contribution in [1.29, 1.82) is 0 Å². The number of thiophene rings is 1. The van der Waals surface area contributed by atoms with E-state index in [9.17, 15) is 4.39 Å². The lowest BCUT2D eigenvalue weighted by atomic mass is 10.0.